The molecule has 0 aliphatic heterocycles. The lowest BCUT2D eigenvalue weighted by Gasteiger charge is -2.12. The summed E-state index contributed by atoms with van der Waals surface area (Å²) in [4.78, 5) is 4.23. The fourth-order valence-electron chi connectivity index (χ4n) is 1.69. The zero-order valence-electron chi connectivity index (χ0n) is 10.0. The van der Waals surface area contributed by atoms with Gasteiger partial charge in [0, 0.05) is 25.0 Å². The molecule has 0 aliphatic rings. The Kier molecular flexibility index (Phi) is 3.42. The Morgan fingerprint density at radius 1 is 1.41 bits per heavy atom. The van der Waals surface area contributed by atoms with Crippen molar-refractivity contribution in [1.82, 2.24) is 9.55 Å². The summed E-state index contributed by atoms with van der Waals surface area (Å²) in [6.07, 6.45) is 3.69. The van der Waals surface area contributed by atoms with Crippen LogP contribution in [-0.4, -0.2) is 9.55 Å². The number of aromatic nitrogens is 2. The minimum absolute atomic E-state index is 0.212. The molecule has 90 valence electrons. The second kappa shape index (κ2) is 4.99. The van der Waals surface area contributed by atoms with Crippen LogP contribution in [0.5, 0.6) is 0 Å². The van der Waals surface area contributed by atoms with Crippen LogP contribution in [0.2, 0.25) is 0 Å². The van der Waals surface area contributed by atoms with Crippen molar-refractivity contribution in [2.24, 2.45) is 0 Å². The minimum atomic E-state index is -0.212. The SMILES string of the molecule is CC(C)n1ccnc1NCc1cccc(F)c1. The maximum Gasteiger partial charge on any atom is 0.203 e. The molecule has 0 bridgehead atoms. The summed E-state index contributed by atoms with van der Waals surface area (Å²) in [5, 5.41) is 3.20. The first-order valence-electron chi connectivity index (χ1n) is 5.68. The molecule has 0 aliphatic carbocycles. The van der Waals surface area contributed by atoms with Crippen molar-refractivity contribution in [2.75, 3.05) is 5.32 Å². The van der Waals surface area contributed by atoms with Gasteiger partial charge in [0.2, 0.25) is 5.95 Å². The maximum absolute atomic E-state index is 13.0. The molecule has 3 nitrogen and oxygen atoms in total. The number of rotatable bonds is 4. The van der Waals surface area contributed by atoms with Crippen molar-refractivity contribution < 1.29 is 4.39 Å². The molecule has 0 atom stereocenters. The van der Waals surface area contributed by atoms with Crippen LogP contribution < -0.4 is 5.32 Å². The Bertz CT molecular complexity index is 491. The van der Waals surface area contributed by atoms with Gasteiger partial charge in [0.15, 0.2) is 0 Å². The van der Waals surface area contributed by atoms with Gasteiger partial charge in [-0.3, -0.25) is 0 Å². The number of anilines is 1. The lowest BCUT2D eigenvalue weighted by Crippen LogP contribution is -2.08. The van der Waals surface area contributed by atoms with E-state index < -0.39 is 0 Å². The van der Waals surface area contributed by atoms with Crippen molar-refractivity contribution in [2.45, 2.75) is 26.4 Å². The topological polar surface area (TPSA) is 29.9 Å². The average molecular weight is 233 g/mol. The Morgan fingerprint density at radius 2 is 2.24 bits per heavy atom. The van der Waals surface area contributed by atoms with Gasteiger partial charge in [-0.1, -0.05) is 12.1 Å². The first-order chi connectivity index (χ1) is 8.16. The maximum atomic E-state index is 13.0. The van der Waals surface area contributed by atoms with Crippen LogP contribution in [0.15, 0.2) is 36.7 Å². The molecule has 0 unspecified atom stereocenters. The van der Waals surface area contributed by atoms with Crippen LogP contribution in [0.4, 0.5) is 10.3 Å². The Labute approximate surface area is 100 Å². The van der Waals surface area contributed by atoms with Gasteiger partial charge in [-0.05, 0) is 31.5 Å². The third-order valence-corrected chi connectivity index (χ3v) is 2.56. The molecule has 0 fully saturated rings. The second-order valence-corrected chi connectivity index (χ2v) is 4.24. The number of hydrogen-bond acceptors (Lipinski definition) is 2. The molecule has 0 saturated heterocycles. The molecule has 1 N–H and O–H groups in total. The third-order valence-electron chi connectivity index (χ3n) is 2.56. The van der Waals surface area contributed by atoms with Crippen LogP contribution in [0.25, 0.3) is 0 Å². The number of hydrogen-bond donors (Lipinski definition) is 1. The first kappa shape index (κ1) is 11.6. The van der Waals surface area contributed by atoms with Crippen LogP contribution in [0.3, 0.4) is 0 Å². The highest BCUT2D eigenvalue weighted by Crippen LogP contribution is 2.13. The Morgan fingerprint density at radius 3 is 2.94 bits per heavy atom. The molecular formula is C13H16FN3. The van der Waals surface area contributed by atoms with E-state index in [0.29, 0.717) is 12.6 Å². The van der Waals surface area contributed by atoms with E-state index in [-0.39, 0.29) is 5.82 Å². The standard InChI is InChI=1S/C13H16FN3/c1-10(2)17-7-6-15-13(17)16-9-11-4-3-5-12(14)8-11/h3-8,10H,9H2,1-2H3,(H,15,16). The summed E-state index contributed by atoms with van der Waals surface area (Å²) in [6, 6.07) is 6.92. The van der Waals surface area contributed by atoms with Gasteiger partial charge in [0.1, 0.15) is 5.82 Å². The predicted molar refractivity (Wildman–Crippen MR) is 66.3 cm³/mol. The molecule has 0 spiro atoms. The van der Waals surface area contributed by atoms with E-state index in [0.717, 1.165) is 11.5 Å². The van der Waals surface area contributed by atoms with Crippen molar-refractivity contribution >= 4 is 5.95 Å². The second-order valence-electron chi connectivity index (χ2n) is 4.24. The molecule has 0 saturated carbocycles. The fourth-order valence-corrected chi connectivity index (χ4v) is 1.69. The largest absolute Gasteiger partial charge is 0.352 e. The summed E-state index contributed by atoms with van der Waals surface area (Å²) in [5.74, 6) is 0.598. The highest BCUT2D eigenvalue weighted by Gasteiger charge is 2.05. The molecule has 2 rings (SSSR count). The quantitative estimate of drug-likeness (QED) is 0.878. The van der Waals surface area contributed by atoms with Gasteiger partial charge in [-0.2, -0.15) is 0 Å². The van der Waals surface area contributed by atoms with Crippen LogP contribution in [-0.2, 0) is 6.54 Å². The molecule has 1 aromatic carbocycles. The molecule has 17 heavy (non-hydrogen) atoms. The van der Waals surface area contributed by atoms with Crippen molar-refractivity contribution in [3.63, 3.8) is 0 Å². The van der Waals surface area contributed by atoms with E-state index in [2.05, 4.69) is 24.1 Å². The van der Waals surface area contributed by atoms with E-state index in [1.54, 1.807) is 12.3 Å². The van der Waals surface area contributed by atoms with E-state index in [4.69, 9.17) is 0 Å². The number of nitrogens with zero attached hydrogens (tertiary/aromatic N) is 2. The Hall–Kier alpha value is -1.84. The fraction of sp³-hybridized carbons (Fsp3) is 0.308. The number of imidazole rings is 1. The first-order valence-corrected chi connectivity index (χ1v) is 5.68. The monoisotopic (exact) mass is 233 g/mol. The van der Waals surface area contributed by atoms with Gasteiger partial charge in [-0.15, -0.1) is 0 Å². The van der Waals surface area contributed by atoms with Crippen LogP contribution >= 0.6 is 0 Å². The highest BCUT2D eigenvalue weighted by molar-refractivity contribution is 5.29. The Balaban J connectivity index is 2.05. The minimum Gasteiger partial charge on any atom is -0.352 e. The molecule has 0 radical (unpaired) electrons. The van der Waals surface area contributed by atoms with Crippen molar-refractivity contribution in [1.29, 1.82) is 0 Å². The van der Waals surface area contributed by atoms with Gasteiger partial charge in [0.25, 0.3) is 0 Å². The van der Waals surface area contributed by atoms with Gasteiger partial charge < -0.3 is 9.88 Å². The third kappa shape index (κ3) is 2.84. The van der Waals surface area contributed by atoms with E-state index in [1.165, 1.54) is 12.1 Å². The van der Waals surface area contributed by atoms with E-state index >= 15 is 0 Å². The molecular weight excluding hydrogens is 217 g/mol. The highest BCUT2D eigenvalue weighted by atomic mass is 19.1. The molecule has 2 aromatic rings. The lowest BCUT2D eigenvalue weighted by molar-refractivity contribution is 0.604. The van der Waals surface area contributed by atoms with Crippen molar-refractivity contribution in [3.05, 3.63) is 48.0 Å². The predicted octanol–water partition coefficient (Wildman–Crippen LogP) is 3.22. The molecule has 1 aromatic heterocycles. The van der Waals surface area contributed by atoms with Gasteiger partial charge in [-0.25, -0.2) is 9.37 Å². The summed E-state index contributed by atoms with van der Waals surface area (Å²) >= 11 is 0. The summed E-state index contributed by atoms with van der Waals surface area (Å²) in [5.41, 5.74) is 0.906. The number of nitrogens with one attached hydrogen (secondary N) is 1. The summed E-state index contributed by atoms with van der Waals surface area (Å²) in [6.45, 7) is 4.76. The molecule has 0 amide bonds. The van der Waals surface area contributed by atoms with Crippen LogP contribution in [0, 0.1) is 5.82 Å². The lowest BCUT2D eigenvalue weighted by atomic mass is 10.2. The number of halogens is 1. The smallest absolute Gasteiger partial charge is 0.203 e. The van der Waals surface area contributed by atoms with Gasteiger partial charge in [0.05, 0.1) is 0 Å². The molecule has 1 heterocycles. The van der Waals surface area contributed by atoms with E-state index in [1.807, 2.05) is 16.8 Å². The van der Waals surface area contributed by atoms with E-state index in [9.17, 15) is 4.39 Å². The van der Waals surface area contributed by atoms with Crippen LogP contribution in [0.1, 0.15) is 25.5 Å². The zero-order chi connectivity index (χ0) is 12.3. The number of benzene rings is 1. The normalized spacial score (nSPS) is 10.8. The van der Waals surface area contributed by atoms with Crippen molar-refractivity contribution in [3.8, 4) is 0 Å². The van der Waals surface area contributed by atoms with Gasteiger partial charge >= 0.3 is 0 Å². The molecule has 4 heteroatoms. The average Bonchev–Trinajstić information content (AvgIpc) is 2.74. The summed E-state index contributed by atoms with van der Waals surface area (Å²) in [7, 11) is 0. The summed E-state index contributed by atoms with van der Waals surface area (Å²) < 4.78 is 15.0. The zero-order valence-corrected chi connectivity index (χ0v) is 10.0.